The maximum absolute atomic E-state index is 13.8. The highest BCUT2D eigenvalue weighted by Crippen LogP contribution is 2.21. The Hall–Kier alpha value is -2.64. The summed E-state index contributed by atoms with van der Waals surface area (Å²) in [6.45, 7) is 3.56. The van der Waals surface area contributed by atoms with Gasteiger partial charge >= 0.3 is 0 Å². The topological polar surface area (TPSA) is 65.2 Å². The van der Waals surface area contributed by atoms with E-state index in [1.54, 1.807) is 18.7 Å². The minimum atomic E-state index is -0.414. The quantitative estimate of drug-likeness (QED) is 0.615. The zero-order chi connectivity index (χ0) is 21.3. The average Bonchev–Trinajstić information content (AvgIpc) is 2.74. The monoisotopic (exact) mass is 425 g/mol. The second-order valence-electron chi connectivity index (χ2n) is 7.64. The first kappa shape index (κ1) is 20.6. The van der Waals surface area contributed by atoms with Crippen LogP contribution in [0.25, 0.3) is 10.9 Å². The molecule has 1 aliphatic heterocycles. The average molecular weight is 426 g/mol. The highest BCUT2D eigenvalue weighted by atomic mass is 32.2. The number of carbonyl (C=O) groups is 1. The van der Waals surface area contributed by atoms with Crippen molar-refractivity contribution in [3.05, 3.63) is 74.8 Å². The summed E-state index contributed by atoms with van der Waals surface area (Å²) in [4.78, 5) is 31.8. The molecule has 0 unspecified atom stereocenters. The van der Waals surface area contributed by atoms with Crippen molar-refractivity contribution < 1.29 is 9.18 Å². The van der Waals surface area contributed by atoms with Gasteiger partial charge in [-0.15, -0.1) is 11.8 Å². The molecule has 0 radical (unpaired) electrons. The lowest BCUT2D eigenvalue weighted by Gasteiger charge is -2.28. The predicted octanol–water partition coefficient (Wildman–Crippen LogP) is 3.37. The van der Waals surface area contributed by atoms with Gasteiger partial charge in [0.25, 0.3) is 0 Å². The molecule has 30 heavy (non-hydrogen) atoms. The molecule has 156 valence electrons. The van der Waals surface area contributed by atoms with E-state index in [9.17, 15) is 14.0 Å². The van der Waals surface area contributed by atoms with Crippen LogP contribution in [0.5, 0.6) is 0 Å². The molecule has 2 aromatic carbocycles. The van der Waals surface area contributed by atoms with Gasteiger partial charge in [-0.05, 0) is 48.6 Å². The Morgan fingerprint density at radius 2 is 2.03 bits per heavy atom. The standard InChI is InChI=1S/C23H24FN3O2S/c1-14-9-16(24)10-18-22(14)26-20-7-8-27(12-19(20)23(18)29)13-21(28)25-11-15-3-5-17(30-2)6-4-15/h3-6,9-10H,7-8,11-13H2,1-2H3,(H,25,28)(H,26,29). The van der Waals surface area contributed by atoms with Crippen molar-refractivity contribution in [1.29, 1.82) is 0 Å². The van der Waals surface area contributed by atoms with E-state index in [-0.39, 0.29) is 17.9 Å². The summed E-state index contributed by atoms with van der Waals surface area (Å²) < 4.78 is 13.8. The molecule has 4 rings (SSSR count). The normalized spacial score (nSPS) is 14.0. The number of H-pyrrole nitrogens is 1. The first-order valence-corrected chi connectivity index (χ1v) is 11.1. The molecule has 0 atom stereocenters. The number of hydrogen-bond acceptors (Lipinski definition) is 4. The van der Waals surface area contributed by atoms with Crippen molar-refractivity contribution in [2.24, 2.45) is 0 Å². The third kappa shape index (κ3) is 4.27. The zero-order valence-electron chi connectivity index (χ0n) is 17.0. The van der Waals surface area contributed by atoms with Crippen molar-refractivity contribution in [3.63, 3.8) is 0 Å². The molecule has 2 heterocycles. The highest BCUT2D eigenvalue weighted by molar-refractivity contribution is 7.98. The number of aromatic nitrogens is 1. The number of aromatic amines is 1. The van der Waals surface area contributed by atoms with Crippen LogP contribution in [-0.4, -0.2) is 35.1 Å². The second-order valence-corrected chi connectivity index (χ2v) is 8.52. The van der Waals surface area contributed by atoms with E-state index >= 15 is 0 Å². The number of nitrogens with zero attached hydrogens (tertiary/aromatic N) is 1. The number of benzene rings is 2. The summed E-state index contributed by atoms with van der Waals surface area (Å²) in [6, 6.07) is 10.8. The van der Waals surface area contributed by atoms with E-state index in [2.05, 4.69) is 10.3 Å². The molecular weight excluding hydrogens is 401 g/mol. The van der Waals surface area contributed by atoms with Crippen LogP contribution in [0.4, 0.5) is 4.39 Å². The summed E-state index contributed by atoms with van der Waals surface area (Å²) in [6.07, 6.45) is 2.68. The Kier molecular flexibility index (Phi) is 5.92. The Balaban J connectivity index is 1.44. The fourth-order valence-corrected chi connectivity index (χ4v) is 4.31. The molecule has 1 aromatic heterocycles. The van der Waals surface area contributed by atoms with Crippen LogP contribution in [0.3, 0.4) is 0 Å². The van der Waals surface area contributed by atoms with Gasteiger partial charge in [0.1, 0.15) is 5.82 Å². The van der Waals surface area contributed by atoms with Gasteiger partial charge < -0.3 is 10.3 Å². The van der Waals surface area contributed by atoms with Crippen LogP contribution in [0.15, 0.2) is 46.1 Å². The number of halogens is 1. The maximum atomic E-state index is 13.8. The molecule has 0 fully saturated rings. The van der Waals surface area contributed by atoms with E-state index in [1.165, 1.54) is 17.0 Å². The van der Waals surface area contributed by atoms with Crippen LogP contribution in [0, 0.1) is 12.7 Å². The molecule has 3 aromatic rings. The van der Waals surface area contributed by atoms with Crippen LogP contribution in [0.2, 0.25) is 0 Å². The highest BCUT2D eigenvalue weighted by Gasteiger charge is 2.23. The summed E-state index contributed by atoms with van der Waals surface area (Å²) in [5.74, 6) is -0.491. The Labute approximate surface area is 178 Å². The SMILES string of the molecule is CSc1ccc(CNC(=O)CN2CCc3[nH]c4c(C)cc(F)cc4c(=O)c3C2)cc1. The fraction of sp³-hybridized carbons (Fsp3) is 0.304. The van der Waals surface area contributed by atoms with Crippen molar-refractivity contribution in [2.45, 2.75) is 31.3 Å². The van der Waals surface area contributed by atoms with Crippen molar-refractivity contribution >= 4 is 28.6 Å². The van der Waals surface area contributed by atoms with E-state index in [1.807, 2.05) is 35.4 Å². The van der Waals surface area contributed by atoms with Crippen molar-refractivity contribution in [1.82, 2.24) is 15.2 Å². The fourth-order valence-electron chi connectivity index (χ4n) is 3.91. The van der Waals surface area contributed by atoms with Crippen LogP contribution in [-0.2, 0) is 24.3 Å². The maximum Gasteiger partial charge on any atom is 0.234 e. The van der Waals surface area contributed by atoms with E-state index < -0.39 is 5.82 Å². The Morgan fingerprint density at radius 1 is 1.27 bits per heavy atom. The molecule has 1 amide bonds. The number of aryl methyl sites for hydroxylation is 1. The summed E-state index contributed by atoms with van der Waals surface area (Å²) in [7, 11) is 0. The van der Waals surface area contributed by atoms with Crippen molar-refractivity contribution in [2.75, 3.05) is 19.3 Å². The molecule has 0 spiro atoms. The largest absolute Gasteiger partial charge is 0.358 e. The molecule has 5 nitrogen and oxygen atoms in total. The van der Waals surface area contributed by atoms with E-state index in [0.29, 0.717) is 42.5 Å². The number of hydrogen-bond donors (Lipinski definition) is 2. The van der Waals surface area contributed by atoms with E-state index in [0.717, 1.165) is 16.8 Å². The second kappa shape index (κ2) is 8.62. The lowest BCUT2D eigenvalue weighted by atomic mass is 10.0. The number of fused-ring (bicyclic) bond motifs is 2. The molecule has 2 N–H and O–H groups in total. The zero-order valence-corrected chi connectivity index (χ0v) is 17.9. The molecule has 0 bridgehead atoms. The van der Waals surface area contributed by atoms with Crippen molar-refractivity contribution in [3.8, 4) is 0 Å². The third-order valence-corrected chi connectivity index (χ3v) is 6.28. The van der Waals surface area contributed by atoms with Gasteiger partial charge in [0.15, 0.2) is 5.43 Å². The molecule has 0 saturated carbocycles. The lowest BCUT2D eigenvalue weighted by Crippen LogP contribution is -2.41. The smallest absolute Gasteiger partial charge is 0.234 e. The minimum Gasteiger partial charge on any atom is -0.358 e. The van der Waals surface area contributed by atoms with Gasteiger partial charge in [0.2, 0.25) is 5.91 Å². The van der Waals surface area contributed by atoms with Gasteiger partial charge in [0, 0.05) is 47.6 Å². The molecular formula is C23H24FN3O2S. The van der Waals surface area contributed by atoms with Gasteiger partial charge in [-0.2, -0.15) is 0 Å². The summed E-state index contributed by atoms with van der Waals surface area (Å²) in [5.41, 5.74) is 3.81. The van der Waals surface area contributed by atoms with Gasteiger partial charge in [-0.1, -0.05) is 12.1 Å². The van der Waals surface area contributed by atoms with E-state index in [4.69, 9.17) is 0 Å². The summed E-state index contributed by atoms with van der Waals surface area (Å²) in [5, 5.41) is 3.31. The van der Waals surface area contributed by atoms with Crippen LogP contribution in [0.1, 0.15) is 22.4 Å². The molecule has 7 heteroatoms. The number of amides is 1. The molecule has 0 aliphatic carbocycles. The first-order valence-electron chi connectivity index (χ1n) is 9.90. The number of pyridine rings is 1. The van der Waals surface area contributed by atoms with Crippen LogP contribution < -0.4 is 10.7 Å². The van der Waals surface area contributed by atoms with Gasteiger partial charge in [-0.25, -0.2) is 4.39 Å². The minimum absolute atomic E-state index is 0.0773. The molecule has 0 saturated heterocycles. The van der Waals surface area contributed by atoms with Gasteiger partial charge in [-0.3, -0.25) is 14.5 Å². The third-order valence-electron chi connectivity index (χ3n) is 5.53. The Bertz CT molecular complexity index is 1160. The first-order chi connectivity index (χ1) is 14.4. The number of nitrogens with one attached hydrogen (secondary N) is 2. The number of rotatable bonds is 5. The number of thioether (sulfide) groups is 1. The lowest BCUT2D eigenvalue weighted by molar-refractivity contribution is -0.122. The van der Waals surface area contributed by atoms with Gasteiger partial charge in [0.05, 0.1) is 12.1 Å². The Morgan fingerprint density at radius 3 is 2.77 bits per heavy atom. The predicted molar refractivity (Wildman–Crippen MR) is 118 cm³/mol. The van der Waals surface area contributed by atoms with Crippen LogP contribution >= 0.6 is 11.8 Å². The number of carbonyl (C=O) groups excluding carboxylic acids is 1. The summed E-state index contributed by atoms with van der Waals surface area (Å²) >= 11 is 1.68. The molecule has 1 aliphatic rings.